The molecule has 6 nitrogen and oxygen atoms in total. The molecule has 0 heterocycles. The van der Waals surface area contributed by atoms with Crippen LogP contribution in [0.1, 0.15) is 41.5 Å². The van der Waals surface area contributed by atoms with Crippen LogP contribution in [-0.4, -0.2) is 24.3 Å². The van der Waals surface area contributed by atoms with Gasteiger partial charge in [0.25, 0.3) is 0 Å². The van der Waals surface area contributed by atoms with E-state index in [-0.39, 0.29) is 42.1 Å². The van der Waals surface area contributed by atoms with Crippen LogP contribution < -0.4 is 0 Å². The lowest BCUT2D eigenvalue weighted by molar-refractivity contribution is -0.149. The molecule has 0 saturated heterocycles. The topological polar surface area (TPSA) is 118 Å². The Labute approximate surface area is 140 Å². The summed E-state index contributed by atoms with van der Waals surface area (Å²) in [5.41, 5.74) is 1.61. The summed E-state index contributed by atoms with van der Waals surface area (Å²) >= 11 is 0. The standard InChI is InChI=1S/C18H17N3O3/c19-9-15-8-17(11-21)16(10-20)7-14(15)6-12-1-2-13(5-12)18(23)24-4-3-22/h7-8,12-13,22H,1-6H2/t12-,13+/m1/s1. The van der Waals surface area contributed by atoms with Gasteiger partial charge in [0.2, 0.25) is 0 Å². The Morgan fingerprint density at radius 3 is 2.42 bits per heavy atom. The molecular formula is C18H17N3O3. The molecule has 1 fully saturated rings. The molecule has 1 aromatic rings. The van der Waals surface area contributed by atoms with Gasteiger partial charge < -0.3 is 9.84 Å². The molecule has 0 bridgehead atoms. The molecule has 2 atom stereocenters. The molecule has 24 heavy (non-hydrogen) atoms. The van der Waals surface area contributed by atoms with Crippen LogP contribution in [-0.2, 0) is 16.0 Å². The van der Waals surface area contributed by atoms with Gasteiger partial charge in [-0.25, -0.2) is 0 Å². The number of esters is 1. The number of nitrogens with zero attached hydrogens (tertiary/aromatic N) is 3. The molecule has 0 aliphatic heterocycles. The first kappa shape index (κ1) is 17.5. The summed E-state index contributed by atoms with van der Waals surface area (Å²) < 4.78 is 4.96. The predicted molar refractivity (Wildman–Crippen MR) is 83.2 cm³/mol. The lowest BCUT2D eigenvalue weighted by Crippen LogP contribution is -2.17. The van der Waals surface area contributed by atoms with Crippen LogP contribution >= 0.6 is 0 Å². The van der Waals surface area contributed by atoms with Gasteiger partial charge in [0.1, 0.15) is 18.7 Å². The maximum Gasteiger partial charge on any atom is 0.309 e. The maximum atomic E-state index is 11.8. The van der Waals surface area contributed by atoms with Gasteiger partial charge in [0, 0.05) is 0 Å². The lowest BCUT2D eigenvalue weighted by Gasteiger charge is -2.13. The number of carbonyl (C=O) groups is 1. The summed E-state index contributed by atoms with van der Waals surface area (Å²) in [6.07, 6.45) is 2.81. The minimum atomic E-state index is -0.287. The largest absolute Gasteiger partial charge is 0.463 e. The monoisotopic (exact) mass is 323 g/mol. The number of aliphatic hydroxyl groups excluding tert-OH is 1. The molecule has 1 aliphatic carbocycles. The zero-order chi connectivity index (χ0) is 17.5. The second-order valence-electron chi connectivity index (χ2n) is 5.86. The molecule has 0 unspecified atom stereocenters. The van der Waals surface area contributed by atoms with E-state index < -0.39 is 0 Å². The van der Waals surface area contributed by atoms with E-state index in [9.17, 15) is 10.1 Å². The smallest absolute Gasteiger partial charge is 0.309 e. The van der Waals surface area contributed by atoms with Crippen LogP contribution in [0, 0.1) is 45.8 Å². The third-order valence-electron chi connectivity index (χ3n) is 4.32. The van der Waals surface area contributed by atoms with E-state index >= 15 is 0 Å². The van der Waals surface area contributed by atoms with Crippen molar-refractivity contribution in [3.63, 3.8) is 0 Å². The molecule has 1 aromatic carbocycles. The molecule has 6 heteroatoms. The molecule has 2 rings (SSSR count). The number of ether oxygens (including phenoxy) is 1. The first-order valence-electron chi connectivity index (χ1n) is 7.77. The summed E-state index contributed by atoms with van der Waals surface area (Å²) in [5, 5.41) is 36.1. The average molecular weight is 323 g/mol. The highest BCUT2D eigenvalue weighted by atomic mass is 16.5. The minimum Gasteiger partial charge on any atom is -0.463 e. The molecule has 0 aromatic heterocycles. The SMILES string of the molecule is N#Cc1cc(C#N)c(C[C@@H]2CC[C@H](C(=O)OCCO)C2)cc1C#N. The van der Waals surface area contributed by atoms with Crippen molar-refractivity contribution in [3.8, 4) is 18.2 Å². The van der Waals surface area contributed by atoms with Crippen molar-refractivity contribution in [1.29, 1.82) is 15.8 Å². The Balaban J connectivity index is 2.10. The van der Waals surface area contributed by atoms with E-state index in [2.05, 4.69) is 6.07 Å². The number of carbonyl (C=O) groups excluding carboxylic acids is 1. The van der Waals surface area contributed by atoms with Crippen molar-refractivity contribution in [2.24, 2.45) is 11.8 Å². The van der Waals surface area contributed by atoms with E-state index in [4.69, 9.17) is 20.4 Å². The van der Waals surface area contributed by atoms with Crippen molar-refractivity contribution in [2.45, 2.75) is 25.7 Å². The lowest BCUT2D eigenvalue weighted by atomic mass is 9.91. The molecule has 0 radical (unpaired) electrons. The first-order valence-corrected chi connectivity index (χ1v) is 7.77. The van der Waals surface area contributed by atoms with Crippen molar-refractivity contribution in [2.75, 3.05) is 13.2 Å². The summed E-state index contributed by atoms with van der Waals surface area (Å²) in [6.45, 7) is -0.171. The van der Waals surface area contributed by atoms with Crippen LogP contribution in [0.3, 0.4) is 0 Å². The zero-order valence-corrected chi connectivity index (χ0v) is 13.2. The summed E-state index contributed by atoms with van der Waals surface area (Å²) in [5.74, 6) is -0.242. The van der Waals surface area contributed by atoms with Crippen molar-refractivity contribution < 1.29 is 14.6 Å². The highest BCUT2D eigenvalue weighted by molar-refractivity contribution is 5.72. The second-order valence-corrected chi connectivity index (χ2v) is 5.86. The van der Waals surface area contributed by atoms with Crippen molar-refractivity contribution >= 4 is 5.97 Å². The van der Waals surface area contributed by atoms with Gasteiger partial charge in [-0.3, -0.25) is 4.79 Å². The average Bonchev–Trinajstić information content (AvgIpc) is 3.07. The Kier molecular flexibility index (Phi) is 5.90. The van der Waals surface area contributed by atoms with Crippen LogP contribution in [0.15, 0.2) is 12.1 Å². The number of benzene rings is 1. The van der Waals surface area contributed by atoms with Gasteiger partial charge in [-0.1, -0.05) is 0 Å². The van der Waals surface area contributed by atoms with Gasteiger partial charge in [0.15, 0.2) is 0 Å². The fraction of sp³-hybridized carbons (Fsp3) is 0.444. The number of rotatable bonds is 5. The van der Waals surface area contributed by atoms with Crippen LogP contribution in [0.5, 0.6) is 0 Å². The summed E-state index contributed by atoms with van der Waals surface area (Å²) in [6, 6.07) is 9.05. The Hall–Kier alpha value is -2.88. The van der Waals surface area contributed by atoms with Gasteiger partial charge in [-0.15, -0.1) is 0 Å². The molecule has 122 valence electrons. The molecule has 1 aliphatic rings. The normalized spacial score (nSPS) is 19.1. The van der Waals surface area contributed by atoms with Crippen LogP contribution in [0.4, 0.5) is 0 Å². The zero-order valence-electron chi connectivity index (χ0n) is 13.2. The molecule has 0 amide bonds. The van der Waals surface area contributed by atoms with Gasteiger partial charge >= 0.3 is 5.97 Å². The number of hydrogen-bond acceptors (Lipinski definition) is 6. The van der Waals surface area contributed by atoms with Gasteiger partial charge in [0.05, 0.1) is 35.3 Å². The van der Waals surface area contributed by atoms with Gasteiger partial charge in [-0.05, 0) is 49.3 Å². The minimum absolute atomic E-state index is 0.0136. The molecule has 1 saturated carbocycles. The van der Waals surface area contributed by atoms with E-state index in [1.165, 1.54) is 6.07 Å². The highest BCUT2D eigenvalue weighted by Gasteiger charge is 2.31. The highest BCUT2D eigenvalue weighted by Crippen LogP contribution is 2.35. The van der Waals surface area contributed by atoms with Crippen molar-refractivity contribution in [3.05, 3.63) is 34.4 Å². The fourth-order valence-corrected chi connectivity index (χ4v) is 3.15. The molecule has 1 N–H and O–H groups in total. The maximum absolute atomic E-state index is 11.8. The Morgan fingerprint density at radius 1 is 1.12 bits per heavy atom. The van der Waals surface area contributed by atoms with E-state index in [0.717, 1.165) is 18.4 Å². The number of hydrogen-bond donors (Lipinski definition) is 1. The van der Waals surface area contributed by atoms with Crippen LogP contribution in [0.2, 0.25) is 0 Å². The predicted octanol–water partition coefficient (Wildman–Crippen LogP) is 1.80. The number of aliphatic hydroxyl groups is 1. The molecule has 0 spiro atoms. The van der Waals surface area contributed by atoms with Gasteiger partial charge in [-0.2, -0.15) is 15.8 Å². The van der Waals surface area contributed by atoms with Crippen molar-refractivity contribution in [1.82, 2.24) is 0 Å². The number of nitriles is 3. The Bertz CT molecular complexity index is 752. The molecular weight excluding hydrogens is 306 g/mol. The van der Waals surface area contributed by atoms with E-state index in [1.54, 1.807) is 6.07 Å². The summed E-state index contributed by atoms with van der Waals surface area (Å²) in [4.78, 5) is 11.8. The second kappa shape index (κ2) is 8.11. The van der Waals surface area contributed by atoms with Crippen LogP contribution in [0.25, 0.3) is 0 Å². The third-order valence-corrected chi connectivity index (χ3v) is 4.32. The van der Waals surface area contributed by atoms with E-state index in [1.807, 2.05) is 12.1 Å². The van der Waals surface area contributed by atoms with E-state index in [0.29, 0.717) is 18.4 Å². The quantitative estimate of drug-likeness (QED) is 0.825. The third kappa shape index (κ3) is 3.90. The fourth-order valence-electron chi connectivity index (χ4n) is 3.15. The first-order chi connectivity index (χ1) is 11.6. The Morgan fingerprint density at radius 2 is 1.79 bits per heavy atom. The summed E-state index contributed by atoms with van der Waals surface area (Å²) in [7, 11) is 0.